The number of hydrogen-bond acceptors (Lipinski definition) is 7. The van der Waals surface area contributed by atoms with E-state index in [1.54, 1.807) is 49.8 Å². The number of amides is 1. The third-order valence-electron chi connectivity index (χ3n) is 7.45. The molecule has 1 aromatic heterocycles. The van der Waals surface area contributed by atoms with E-state index in [1.807, 2.05) is 17.0 Å². The maximum Gasteiger partial charge on any atom is 0.248 e. The lowest BCUT2D eigenvalue weighted by molar-refractivity contribution is -0.138. The zero-order chi connectivity index (χ0) is 27.1. The summed E-state index contributed by atoms with van der Waals surface area (Å²) < 4.78 is 45.9. The van der Waals surface area contributed by atoms with Gasteiger partial charge in [-0.2, -0.15) is 4.31 Å². The number of hydrogen-bond donors (Lipinski definition) is 0. The van der Waals surface area contributed by atoms with Crippen LogP contribution >= 0.6 is 0 Å². The SMILES string of the molecule is COc1cc(C)c(S(=O)(=O)N2CCCCC2COCC(=O)N2CCC(COc3ccncc3)CC2)c(C)c1. The minimum atomic E-state index is -3.71. The summed E-state index contributed by atoms with van der Waals surface area (Å²) in [4.78, 5) is 19.0. The second kappa shape index (κ2) is 12.9. The van der Waals surface area contributed by atoms with Crippen molar-refractivity contribution in [2.24, 2.45) is 5.92 Å². The Morgan fingerprint density at radius 3 is 2.32 bits per heavy atom. The van der Waals surface area contributed by atoms with Crippen molar-refractivity contribution in [3.05, 3.63) is 47.8 Å². The maximum atomic E-state index is 13.7. The zero-order valence-corrected chi connectivity index (χ0v) is 23.4. The van der Waals surface area contributed by atoms with Crippen LogP contribution in [0.5, 0.6) is 11.5 Å². The third-order valence-corrected chi connectivity index (χ3v) is 9.71. The van der Waals surface area contributed by atoms with Crippen LogP contribution in [-0.2, 0) is 19.6 Å². The molecule has 2 fully saturated rings. The highest BCUT2D eigenvalue weighted by molar-refractivity contribution is 7.89. The van der Waals surface area contributed by atoms with Gasteiger partial charge in [0.25, 0.3) is 0 Å². The van der Waals surface area contributed by atoms with E-state index in [0.717, 1.165) is 31.4 Å². The quantitative estimate of drug-likeness (QED) is 0.450. The van der Waals surface area contributed by atoms with E-state index < -0.39 is 10.0 Å². The van der Waals surface area contributed by atoms with Crippen LogP contribution in [0, 0.1) is 19.8 Å². The number of methoxy groups -OCH3 is 1. The summed E-state index contributed by atoms with van der Waals surface area (Å²) in [6, 6.07) is 6.89. The van der Waals surface area contributed by atoms with Gasteiger partial charge in [0.05, 0.1) is 25.2 Å². The number of sulfonamides is 1. The van der Waals surface area contributed by atoms with Crippen molar-refractivity contribution in [2.45, 2.75) is 56.9 Å². The summed E-state index contributed by atoms with van der Waals surface area (Å²) >= 11 is 0. The van der Waals surface area contributed by atoms with E-state index in [2.05, 4.69) is 4.98 Å². The van der Waals surface area contributed by atoms with Gasteiger partial charge < -0.3 is 19.1 Å². The molecule has 0 spiro atoms. The van der Waals surface area contributed by atoms with E-state index in [1.165, 1.54) is 0 Å². The predicted molar refractivity (Wildman–Crippen MR) is 144 cm³/mol. The van der Waals surface area contributed by atoms with Gasteiger partial charge in [0.2, 0.25) is 15.9 Å². The van der Waals surface area contributed by atoms with Crippen molar-refractivity contribution in [1.82, 2.24) is 14.2 Å². The number of aryl methyl sites for hydroxylation is 2. The Morgan fingerprint density at radius 2 is 1.66 bits per heavy atom. The summed E-state index contributed by atoms with van der Waals surface area (Å²) in [5, 5.41) is 0. The number of carbonyl (C=O) groups is 1. The maximum absolute atomic E-state index is 13.7. The summed E-state index contributed by atoms with van der Waals surface area (Å²) in [6.07, 6.45) is 7.63. The molecule has 2 saturated heterocycles. The van der Waals surface area contributed by atoms with E-state index in [0.29, 0.717) is 60.4 Å². The summed E-state index contributed by atoms with van der Waals surface area (Å²) in [6.45, 7) is 6.18. The number of aromatic nitrogens is 1. The molecule has 1 atom stereocenters. The molecular formula is C28H39N3O6S. The first-order chi connectivity index (χ1) is 18.3. The first-order valence-electron chi connectivity index (χ1n) is 13.3. The largest absolute Gasteiger partial charge is 0.497 e. The molecule has 9 nitrogen and oxygen atoms in total. The Hall–Kier alpha value is -2.69. The van der Waals surface area contributed by atoms with E-state index in [9.17, 15) is 13.2 Å². The monoisotopic (exact) mass is 545 g/mol. The topological polar surface area (TPSA) is 98.3 Å². The number of carbonyl (C=O) groups excluding carboxylic acids is 1. The molecule has 1 amide bonds. The van der Waals surface area contributed by atoms with Gasteiger partial charge in [0.15, 0.2) is 0 Å². The third kappa shape index (κ3) is 6.84. The van der Waals surface area contributed by atoms with Gasteiger partial charge in [-0.25, -0.2) is 8.42 Å². The van der Waals surface area contributed by atoms with Crippen molar-refractivity contribution < 1.29 is 27.4 Å². The molecule has 0 bridgehead atoms. The minimum Gasteiger partial charge on any atom is -0.497 e. The lowest BCUT2D eigenvalue weighted by Crippen LogP contribution is -2.47. The van der Waals surface area contributed by atoms with Crippen LogP contribution in [0.15, 0.2) is 41.6 Å². The standard InChI is InChI=1S/C28H39N3O6S/c1-21-16-26(35-3)17-22(2)28(21)38(33,34)31-13-5-4-6-24(31)19-36-20-27(32)30-14-9-23(10-15-30)18-37-25-7-11-29-12-8-25/h7-8,11-12,16-17,23-24H,4-6,9-10,13-15,18-20H2,1-3H3. The van der Waals surface area contributed by atoms with Crippen molar-refractivity contribution in [2.75, 3.05) is 46.6 Å². The molecule has 0 saturated carbocycles. The molecule has 38 heavy (non-hydrogen) atoms. The second-order valence-corrected chi connectivity index (χ2v) is 12.0. The van der Waals surface area contributed by atoms with Gasteiger partial charge in [-0.15, -0.1) is 0 Å². The smallest absolute Gasteiger partial charge is 0.248 e. The molecule has 2 aliphatic heterocycles. The first kappa shape index (κ1) is 28.3. The lowest BCUT2D eigenvalue weighted by atomic mass is 9.98. The van der Waals surface area contributed by atoms with Crippen molar-refractivity contribution in [3.8, 4) is 11.5 Å². The molecule has 1 unspecified atom stereocenters. The zero-order valence-electron chi connectivity index (χ0n) is 22.6. The highest BCUT2D eigenvalue weighted by Crippen LogP contribution is 2.32. The highest BCUT2D eigenvalue weighted by Gasteiger charge is 2.36. The van der Waals surface area contributed by atoms with Crippen molar-refractivity contribution in [3.63, 3.8) is 0 Å². The lowest BCUT2D eigenvalue weighted by Gasteiger charge is -2.35. The van der Waals surface area contributed by atoms with E-state index >= 15 is 0 Å². The van der Waals surface area contributed by atoms with Crippen LogP contribution in [-0.4, -0.2) is 81.1 Å². The molecule has 0 aliphatic carbocycles. The molecule has 0 N–H and O–H groups in total. The number of likely N-dealkylation sites (tertiary alicyclic amines) is 1. The van der Waals surface area contributed by atoms with Gasteiger partial charge in [-0.3, -0.25) is 9.78 Å². The fourth-order valence-electron chi connectivity index (χ4n) is 5.38. The Morgan fingerprint density at radius 1 is 0.974 bits per heavy atom. The average molecular weight is 546 g/mol. The fraction of sp³-hybridized carbons (Fsp3) is 0.571. The summed E-state index contributed by atoms with van der Waals surface area (Å²) in [5.41, 5.74) is 1.33. The van der Waals surface area contributed by atoms with E-state index in [4.69, 9.17) is 14.2 Å². The number of ether oxygens (including phenoxy) is 3. The van der Waals surface area contributed by atoms with E-state index in [-0.39, 0.29) is 25.2 Å². The molecule has 2 aliphatic rings. The second-order valence-electron chi connectivity index (χ2n) is 10.2. The van der Waals surface area contributed by atoms with Crippen LogP contribution in [0.25, 0.3) is 0 Å². The Bertz CT molecular complexity index is 1160. The van der Waals surface area contributed by atoms with Crippen LogP contribution < -0.4 is 9.47 Å². The first-order valence-corrected chi connectivity index (χ1v) is 14.8. The van der Waals surface area contributed by atoms with Crippen LogP contribution in [0.2, 0.25) is 0 Å². The molecule has 208 valence electrons. The highest BCUT2D eigenvalue weighted by atomic mass is 32.2. The molecule has 1 aromatic carbocycles. The summed E-state index contributed by atoms with van der Waals surface area (Å²) in [7, 11) is -2.14. The molecular weight excluding hydrogens is 506 g/mol. The number of piperidine rings is 2. The Balaban J connectivity index is 1.27. The van der Waals surface area contributed by atoms with Gasteiger partial charge in [0.1, 0.15) is 18.1 Å². The normalized spacial score (nSPS) is 19.3. The van der Waals surface area contributed by atoms with Crippen LogP contribution in [0.1, 0.15) is 43.2 Å². The van der Waals surface area contributed by atoms with Crippen LogP contribution in [0.4, 0.5) is 0 Å². The van der Waals surface area contributed by atoms with Gasteiger partial charge in [-0.1, -0.05) is 6.42 Å². The van der Waals surface area contributed by atoms with Crippen molar-refractivity contribution >= 4 is 15.9 Å². The molecule has 0 radical (unpaired) electrons. The van der Waals surface area contributed by atoms with Gasteiger partial charge >= 0.3 is 0 Å². The molecule has 10 heteroatoms. The molecule has 2 aromatic rings. The number of rotatable bonds is 10. The average Bonchev–Trinajstić information content (AvgIpc) is 2.92. The Labute approximate surface area is 226 Å². The molecule has 3 heterocycles. The summed E-state index contributed by atoms with van der Waals surface area (Å²) in [5.74, 6) is 1.80. The van der Waals surface area contributed by atoms with Gasteiger partial charge in [0, 0.05) is 38.1 Å². The van der Waals surface area contributed by atoms with Gasteiger partial charge in [-0.05, 0) is 80.8 Å². The number of nitrogens with zero attached hydrogens (tertiary/aromatic N) is 3. The van der Waals surface area contributed by atoms with Crippen molar-refractivity contribution in [1.29, 1.82) is 0 Å². The minimum absolute atomic E-state index is 0.0385. The van der Waals surface area contributed by atoms with Crippen LogP contribution in [0.3, 0.4) is 0 Å². The predicted octanol–water partition coefficient (Wildman–Crippen LogP) is 3.58. The molecule has 4 rings (SSSR count). The number of benzene rings is 1. The fourth-order valence-corrected chi connectivity index (χ4v) is 7.48. The Kier molecular flexibility index (Phi) is 9.62. The number of pyridine rings is 1.